The van der Waals surface area contributed by atoms with Crippen molar-refractivity contribution in [3.63, 3.8) is 0 Å². The van der Waals surface area contributed by atoms with Gasteiger partial charge < -0.3 is 16.8 Å². The molecule has 1 rings (SSSR count). The summed E-state index contributed by atoms with van der Waals surface area (Å²) in [6.45, 7) is 6.80. The van der Waals surface area contributed by atoms with Crippen LogP contribution in [0.15, 0.2) is 24.3 Å². The van der Waals surface area contributed by atoms with E-state index in [1.54, 1.807) is 12.1 Å². The molecular weight excluding hydrogens is 214 g/mol. The average Bonchev–Trinajstić information content (AvgIpc) is 2.24. The Morgan fingerprint density at radius 1 is 1.35 bits per heavy atom. The van der Waals surface area contributed by atoms with Crippen LogP contribution < -0.4 is 16.8 Å². The number of anilines is 1. The van der Waals surface area contributed by atoms with Gasteiger partial charge in [-0.25, -0.2) is 0 Å². The van der Waals surface area contributed by atoms with Crippen LogP contribution >= 0.6 is 0 Å². The molecule has 1 unspecified atom stereocenters. The fourth-order valence-electron chi connectivity index (χ4n) is 1.64. The molecule has 1 aromatic rings. The average molecular weight is 235 g/mol. The van der Waals surface area contributed by atoms with Gasteiger partial charge in [0.1, 0.15) is 0 Å². The Morgan fingerprint density at radius 3 is 2.41 bits per heavy atom. The lowest BCUT2D eigenvalue weighted by molar-refractivity contribution is 0.100. The van der Waals surface area contributed by atoms with Gasteiger partial charge in [-0.05, 0) is 17.5 Å². The Kier molecular flexibility index (Phi) is 4.12. The van der Waals surface area contributed by atoms with E-state index in [0.717, 1.165) is 5.69 Å². The van der Waals surface area contributed by atoms with Gasteiger partial charge in [-0.15, -0.1) is 0 Å². The van der Waals surface area contributed by atoms with Gasteiger partial charge in [0.25, 0.3) is 5.91 Å². The molecule has 0 saturated carbocycles. The van der Waals surface area contributed by atoms with Crippen molar-refractivity contribution >= 4 is 11.6 Å². The lowest BCUT2D eigenvalue weighted by atomic mass is 9.86. The van der Waals surface area contributed by atoms with Gasteiger partial charge in [-0.3, -0.25) is 4.79 Å². The number of para-hydroxylation sites is 1. The van der Waals surface area contributed by atoms with Gasteiger partial charge in [0.05, 0.1) is 5.56 Å². The molecule has 1 atom stereocenters. The molecule has 0 aliphatic heterocycles. The third kappa shape index (κ3) is 3.46. The van der Waals surface area contributed by atoms with E-state index in [2.05, 4.69) is 26.1 Å². The summed E-state index contributed by atoms with van der Waals surface area (Å²) >= 11 is 0. The Bertz CT molecular complexity index is 396. The first kappa shape index (κ1) is 13.5. The molecule has 5 N–H and O–H groups in total. The summed E-state index contributed by atoms with van der Waals surface area (Å²) in [5, 5.41) is 3.29. The molecule has 1 amide bonds. The summed E-state index contributed by atoms with van der Waals surface area (Å²) in [7, 11) is 0. The molecule has 0 heterocycles. The molecule has 0 aliphatic carbocycles. The number of carbonyl (C=O) groups excluding carboxylic acids is 1. The van der Waals surface area contributed by atoms with Crippen LogP contribution in [0.2, 0.25) is 0 Å². The number of rotatable bonds is 4. The van der Waals surface area contributed by atoms with Crippen molar-refractivity contribution in [3.8, 4) is 0 Å². The van der Waals surface area contributed by atoms with Crippen LogP contribution in [0.4, 0.5) is 5.69 Å². The Morgan fingerprint density at radius 2 is 1.94 bits per heavy atom. The van der Waals surface area contributed by atoms with Crippen molar-refractivity contribution < 1.29 is 4.79 Å². The number of hydrogen-bond donors (Lipinski definition) is 3. The van der Waals surface area contributed by atoms with Crippen LogP contribution in [0.25, 0.3) is 0 Å². The first-order valence-electron chi connectivity index (χ1n) is 5.71. The number of carbonyl (C=O) groups is 1. The van der Waals surface area contributed by atoms with E-state index in [1.165, 1.54) is 0 Å². The van der Waals surface area contributed by atoms with Crippen LogP contribution in [0.5, 0.6) is 0 Å². The maximum Gasteiger partial charge on any atom is 0.250 e. The molecule has 0 aromatic heterocycles. The first-order valence-corrected chi connectivity index (χ1v) is 5.71. The normalized spacial score (nSPS) is 13.2. The zero-order valence-corrected chi connectivity index (χ0v) is 10.7. The van der Waals surface area contributed by atoms with Crippen LogP contribution in [0.1, 0.15) is 31.1 Å². The summed E-state index contributed by atoms with van der Waals surface area (Å²) in [6.07, 6.45) is 0. The van der Waals surface area contributed by atoms with E-state index in [-0.39, 0.29) is 11.5 Å². The third-order valence-electron chi connectivity index (χ3n) is 2.80. The SMILES string of the molecule is CC(C)(C)C(CN)Nc1ccccc1C(N)=O. The molecule has 0 aliphatic rings. The van der Waals surface area contributed by atoms with Crippen LogP contribution in [-0.2, 0) is 0 Å². The summed E-state index contributed by atoms with van der Waals surface area (Å²) in [4.78, 5) is 11.3. The molecule has 0 radical (unpaired) electrons. The number of primary amides is 1. The van der Waals surface area contributed by atoms with Gasteiger partial charge in [-0.1, -0.05) is 32.9 Å². The second kappa shape index (κ2) is 5.19. The van der Waals surface area contributed by atoms with Crippen LogP contribution in [0, 0.1) is 5.41 Å². The molecule has 94 valence electrons. The fraction of sp³-hybridized carbons (Fsp3) is 0.462. The highest BCUT2D eigenvalue weighted by atomic mass is 16.1. The van der Waals surface area contributed by atoms with Crippen LogP contribution in [0.3, 0.4) is 0 Å². The summed E-state index contributed by atoms with van der Waals surface area (Å²) in [5.74, 6) is -0.433. The predicted molar refractivity (Wildman–Crippen MR) is 70.9 cm³/mol. The molecular formula is C13H21N3O. The number of amides is 1. The van der Waals surface area contributed by atoms with E-state index < -0.39 is 5.91 Å². The van der Waals surface area contributed by atoms with Crippen molar-refractivity contribution in [2.75, 3.05) is 11.9 Å². The number of nitrogens with one attached hydrogen (secondary N) is 1. The zero-order valence-electron chi connectivity index (χ0n) is 10.7. The molecule has 0 bridgehead atoms. The Hall–Kier alpha value is -1.55. The van der Waals surface area contributed by atoms with Crippen molar-refractivity contribution in [3.05, 3.63) is 29.8 Å². The van der Waals surface area contributed by atoms with E-state index in [4.69, 9.17) is 11.5 Å². The molecule has 0 spiro atoms. The van der Waals surface area contributed by atoms with E-state index >= 15 is 0 Å². The van der Waals surface area contributed by atoms with Gasteiger partial charge in [0, 0.05) is 18.3 Å². The molecule has 0 saturated heterocycles. The minimum absolute atomic E-state index is 0.0134. The molecule has 1 aromatic carbocycles. The molecule has 17 heavy (non-hydrogen) atoms. The minimum atomic E-state index is -0.433. The highest BCUT2D eigenvalue weighted by Crippen LogP contribution is 2.24. The van der Waals surface area contributed by atoms with Gasteiger partial charge in [0.2, 0.25) is 0 Å². The van der Waals surface area contributed by atoms with Crippen molar-refractivity contribution in [2.24, 2.45) is 16.9 Å². The maximum absolute atomic E-state index is 11.3. The van der Waals surface area contributed by atoms with Crippen molar-refractivity contribution in [1.29, 1.82) is 0 Å². The van der Waals surface area contributed by atoms with Crippen LogP contribution in [-0.4, -0.2) is 18.5 Å². The largest absolute Gasteiger partial charge is 0.380 e. The van der Waals surface area contributed by atoms with E-state index in [0.29, 0.717) is 12.1 Å². The summed E-state index contributed by atoms with van der Waals surface area (Å²) in [6, 6.07) is 7.29. The molecule has 4 heteroatoms. The number of hydrogen-bond acceptors (Lipinski definition) is 3. The van der Waals surface area contributed by atoms with Gasteiger partial charge >= 0.3 is 0 Å². The Labute approximate surface area is 102 Å². The van der Waals surface area contributed by atoms with Crippen molar-refractivity contribution in [2.45, 2.75) is 26.8 Å². The third-order valence-corrected chi connectivity index (χ3v) is 2.80. The van der Waals surface area contributed by atoms with Crippen molar-refractivity contribution in [1.82, 2.24) is 0 Å². The monoisotopic (exact) mass is 235 g/mol. The summed E-state index contributed by atoms with van der Waals surface area (Å²) in [5.41, 5.74) is 12.3. The first-order chi connectivity index (χ1) is 7.86. The van der Waals surface area contributed by atoms with E-state index in [1.807, 2.05) is 12.1 Å². The predicted octanol–water partition coefficient (Wildman–Crippen LogP) is 1.57. The summed E-state index contributed by atoms with van der Waals surface area (Å²) < 4.78 is 0. The second-order valence-electron chi connectivity index (χ2n) is 5.21. The zero-order chi connectivity index (χ0) is 13.1. The lowest BCUT2D eigenvalue weighted by Crippen LogP contribution is -2.40. The molecule has 4 nitrogen and oxygen atoms in total. The fourth-order valence-corrected chi connectivity index (χ4v) is 1.64. The highest BCUT2D eigenvalue weighted by Gasteiger charge is 2.24. The lowest BCUT2D eigenvalue weighted by Gasteiger charge is -2.31. The second-order valence-corrected chi connectivity index (χ2v) is 5.21. The van der Waals surface area contributed by atoms with Gasteiger partial charge in [-0.2, -0.15) is 0 Å². The maximum atomic E-state index is 11.3. The smallest absolute Gasteiger partial charge is 0.250 e. The standard InChI is InChI=1S/C13H21N3O/c1-13(2,3)11(8-14)16-10-7-5-4-6-9(10)12(15)17/h4-7,11,16H,8,14H2,1-3H3,(H2,15,17). The van der Waals surface area contributed by atoms with E-state index in [9.17, 15) is 4.79 Å². The topological polar surface area (TPSA) is 81.1 Å². The number of nitrogens with two attached hydrogens (primary N) is 2. The quantitative estimate of drug-likeness (QED) is 0.741. The highest BCUT2D eigenvalue weighted by molar-refractivity contribution is 5.98. The number of benzene rings is 1. The minimum Gasteiger partial charge on any atom is -0.380 e. The molecule has 0 fully saturated rings. The van der Waals surface area contributed by atoms with Gasteiger partial charge in [0.15, 0.2) is 0 Å². The Balaban J connectivity index is 2.98.